The largest absolute Gasteiger partial charge is 0.508 e. The Hall–Kier alpha value is -2.29. The SMILES string of the molecule is CC(=O)NCCc1ccc(-c2ccc(O)cc2)cc1. The molecule has 2 N–H and O–H groups in total. The molecule has 98 valence electrons. The third-order valence-corrected chi connectivity index (χ3v) is 2.94. The van der Waals surface area contributed by atoms with Crippen LogP contribution in [0.3, 0.4) is 0 Å². The van der Waals surface area contributed by atoms with Gasteiger partial charge in [-0.1, -0.05) is 36.4 Å². The van der Waals surface area contributed by atoms with E-state index in [9.17, 15) is 9.90 Å². The van der Waals surface area contributed by atoms with Gasteiger partial charge < -0.3 is 10.4 Å². The summed E-state index contributed by atoms with van der Waals surface area (Å²) in [6.45, 7) is 2.18. The molecule has 0 aliphatic rings. The highest BCUT2D eigenvalue weighted by molar-refractivity contribution is 5.72. The number of aromatic hydroxyl groups is 1. The van der Waals surface area contributed by atoms with Crippen LogP contribution in [-0.4, -0.2) is 17.6 Å². The Balaban J connectivity index is 2.02. The van der Waals surface area contributed by atoms with Crippen molar-refractivity contribution in [3.8, 4) is 16.9 Å². The molecule has 0 aromatic heterocycles. The number of benzene rings is 2. The monoisotopic (exact) mass is 255 g/mol. The van der Waals surface area contributed by atoms with Gasteiger partial charge in [-0.25, -0.2) is 0 Å². The molecule has 0 aliphatic heterocycles. The number of nitrogens with one attached hydrogen (secondary N) is 1. The summed E-state index contributed by atoms with van der Waals surface area (Å²) in [5.41, 5.74) is 3.38. The molecule has 0 saturated carbocycles. The zero-order chi connectivity index (χ0) is 13.7. The van der Waals surface area contributed by atoms with Crippen LogP contribution < -0.4 is 5.32 Å². The quantitative estimate of drug-likeness (QED) is 0.882. The summed E-state index contributed by atoms with van der Waals surface area (Å²) in [7, 11) is 0. The third kappa shape index (κ3) is 3.85. The second-order valence-electron chi connectivity index (χ2n) is 4.48. The van der Waals surface area contributed by atoms with Crippen molar-refractivity contribution in [3.63, 3.8) is 0 Å². The normalized spacial score (nSPS) is 10.2. The first-order valence-corrected chi connectivity index (χ1v) is 6.28. The summed E-state index contributed by atoms with van der Waals surface area (Å²) in [6.07, 6.45) is 0.829. The summed E-state index contributed by atoms with van der Waals surface area (Å²) in [5.74, 6) is 0.274. The van der Waals surface area contributed by atoms with Crippen LogP contribution in [-0.2, 0) is 11.2 Å². The van der Waals surface area contributed by atoms with Crippen molar-refractivity contribution in [2.75, 3.05) is 6.54 Å². The van der Waals surface area contributed by atoms with Crippen LogP contribution in [0.25, 0.3) is 11.1 Å². The fourth-order valence-corrected chi connectivity index (χ4v) is 1.90. The van der Waals surface area contributed by atoms with Gasteiger partial charge in [0.25, 0.3) is 0 Å². The van der Waals surface area contributed by atoms with Crippen molar-refractivity contribution in [2.45, 2.75) is 13.3 Å². The number of carbonyl (C=O) groups excluding carboxylic acids is 1. The van der Waals surface area contributed by atoms with E-state index in [1.54, 1.807) is 12.1 Å². The molecular weight excluding hydrogens is 238 g/mol. The Morgan fingerprint density at radius 2 is 1.53 bits per heavy atom. The highest BCUT2D eigenvalue weighted by Gasteiger charge is 1.99. The molecule has 1 amide bonds. The second kappa shape index (κ2) is 6.05. The van der Waals surface area contributed by atoms with Crippen LogP contribution in [0.1, 0.15) is 12.5 Å². The van der Waals surface area contributed by atoms with Crippen molar-refractivity contribution in [1.82, 2.24) is 5.32 Å². The number of hydrogen-bond acceptors (Lipinski definition) is 2. The van der Waals surface area contributed by atoms with Crippen LogP contribution in [0.15, 0.2) is 48.5 Å². The first-order chi connectivity index (χ1) is 9.15. The van der Waals surface area contributed by atoms with Gasteiger partial charge in [-0.15, -0.1) is 0 Å². The number of phenols is 1. The molecule has 2 rings (SSSR count). The lowest BCUT2D eigenvalue weighted by atomic mass is 10.0. The Bertz CT molecular complexity index is 544. The van der Waals surface area contributed by atoms with Gasteiger partial charge >= 0.3 is 0 Å². The van der Waals surface area contributed by atoms with Gasteiger partial charge in [0, 0.05) is 13.5 Å². The number of amides is 1. The molecule has 0 fully saturated rings. The lowest BCUT2D eigenvalue weighted by molar-refractivity contribution is -0.118. The summed E-state index contributed by atoms with van der Waals surface area (Å²) in [5, 5.41) is 12.0. The van der Waals surface area contributed by atoms with E-state index in [4.69, 9.17) is 0 Å². The highest BCUT2D eigenvalue weighted by Crippen LogP contribution is 2.22. The number of rotatable bonds is 4. The van der Waals surface area contributed by atoms with Gasteiger partial charge in [0.05, 0.1) is 0 Å². The molecule has 2 aromatic carbocycles. The standard InChI is InChI=1S/C16H17NO2/c1-12(18)17-11-10-13-2-4-14(5-3-13)15-6-8-16(19)9-7-15/h2-9,19H,10-11H2,1H3,(H,17,18). The van der Waals surface area contributed by atoms with Crippen molar-refractivity contribution in [2.24, 2.45) is 0 Å². The maximum atomic E-state index is 10.8. The van der Waals surface area contributed by atoms with E-state index >= 15 is 0 Å². The van der Waals surface area contributed by atoms with E-state index < -0.39 is 0 Å². The Labute approximate surface area is 112 Å². The second-order valence-corrected chi connectivity index (χ2v) is 4.48. The minimum Gasteiger partial charge on any atom is -0.508 e. The predicted molar refractivity (Wildman–Crippen MR) is 75.9 cm³/mol. The predicted octanol–water partition coefficient (Wildman–Crippen LogP) is 2.74. The maximum absolute atomic E-state index is 10.8. The van der Waals surface area contributed by atoms with Gasteiger partial charge in [-0.05, 0) is 35.2 Å². The van der Waals surface area contributed by atoms with Gasteiger partial charge in [-0.2, -0.15) is 0 Å². The van der Waals surface area contributed by atoms with Gasteiger partial charge in [0.1, 0.15) is 5.75 Å². The zero-order valence-corrected chi connectivity index (χ0v) is 10.9. The molecule has 3 heteroatoms. The fourth-order valence-electron chi connectivity index (χ4n) is 1.90. The summed E-state index contributed by atoms with van der Waals surface area (Å²) < 4.78 is 0. The van der Waals surface area contributed by atoms with Crippen LogP contribution in [0.2, 0.25) is 0 Å². The molecule has 0 atom stereocenters. The summed E-state index contributed by atoms with van der Waals surface area (Å²) in [6, 6.07) is 15.4. The molecule has 0 aliphatic carbocycles. The Morgan fingerprint density at radius 3 is 2.05 bits per heavy atom. The first-order valence-electron chi connectivity index (χ1n) is 6.28. The highest BCUT2D eigenvalue weighted by atomic mass is 16.3. The summed E-state index contributed by atoms with van der Waals surface area (Å²) in [4.78, 5) is 10.8. The number of carbonyl (C=O) groups is 1. The number of hydrogen-bond donors (Lipinski definition) is 2. The van der Waals surface area contributed by atoms with Gasteiger partial charge in [-0.3, -0.25) is 4.79 Å². The molecule has 0 radical (unpaired) electrons. The van der Waals surface area contributed by atoms with E-state index in [-0.39, 0.29) is 11.7 Å². The Morgan fingerprint density at radius 1 is 1.00 bits per heavy atom. The molecule has 0 heterocycles. The molecule has 3 nitrogen and oxygen atoms in total. The molecule has 0 bridgehead atoms. The smallest absolute Gasteiger partial charge is 0.216 e. The fraction of sp³-hybridized carbons (Fsp3) is 0.188. The average molecular weight is 255 g/mol. The first kappa shape index (κ1) is 13.1. The molecular formula is C16H17NO2. The van der Waals surface area contributed by atoms with Crippen molar-refractivity contribution in [3.05, 3.63) is 54.1 Å². The minimum atomic E-state index is 0.000661. The molecule has 0 unspecified atom stereocenters. The van der Waals surface area contributed by atoms with Crippen molar-refractivity contribution in [1.29, 1.82) is 0 Å². The van der Waals surface area contributed by atoms with E-state index in [0.717, 1.165) is 17.5 Å². The van der Waals surface area contributed by atoms with E-state index in [2.05, 4.69) is 29.6 Å². The van der Waals surface area contributed by atoms with Crippen LogP contribution in [0, 0.1) is 0 Å². The minimum absolute atomic E-state index is 0.000661. The molecule has 0 spiro atoms. The molecule has 0 saturated heterocycles. The zero-order valence-electron chi connectivity index (χ0n) is 10.9. The number of phenolic OH excluding ortho intramolecular Hbond substituents is 1. The van der Waals surface area contributed by atoms with E-state index in [1.807, 2.05) is 12.1 Å². The molecule has 2 aromatic rings. The lowest BCUT2D eigenvalue weighted by Crippen LogP contribution is -2.22. The van der Waals surface area contributed by atoms with Crippen LogP contribution in [0.5, 0.6) is 5.75 Å². The van der Waals surface area contributed by atoms with Crippen LogP contribution in [0.4, 0.5) is 0 Å². The molecule has 19 heavy (non-hydrogen) atoms. The van der Waals surface area contributed by atoms with Crippen molar-refractivity contribution < 1.29 is 9.90 Å². The van der Waals surface area contributed by atoms with Crippen molar-refractivity contribution >= 4 is 5.91 Å². The van der Waals surface area contributed by atoms with Gasteiger partial charge in [0.2, 0.25) is 5.91 Å². The van der Waals surface area contributed by atoms with E-state index in [1.165, 1.54) is 12.5 Å². The van der Waals surface area contributed by atoms with Gasteiger partial charge in [0.15, 0.2) is 0 Å². The van der Waals surface area contributed by atoms with Crippen LogP contribution >= 0.6 is 0 Å². The topological polar surface area (TPSA) is 49.3 Å². The average Bonchev–Trinajstić information content (AvgIpc) is 2.40. The summed E-state index contributed by atoms with van der Waals surface area (Å²) >= 11 is 0. The maximum Gasteiger partial charge on any atom is 0.216 e. The lowest BCUT2D eigenvalue weighted by Gasteiger charge is -2.05. The Kier molecular flexibility index (Phi) is 4.18. The third-order valence-electron chi connectivity index (χ3n) is 2.94. The van der Waals surface area contributed by atoms with E-state index in [0.29, 0.717) is 6.54 Å².